The van der Waals surface area contributed by atoms with Gasteiger partial charge in [-0.05, 0) is 31.0 Å². The maximum absolute atomic E-state index is 12.2. The zero-order chi connectivity index (χ0) is 13.7. The summed E-state index contributed by atoms with van der Waals surface area (Å²) in [4.78, 5) is 14.0. The molecule has 1 saturated heterocycles. The number of rotatable bonds is 2. The molecule has 0 aliphatic carbocycles. The Morgan fingerprint density at radius 3 is 3.21 bits per heavy atom. The van der Waals surface area contributed by atoms with E-state index in [-0.39, 0.29) is 12.1 Å². The predicted octanol–water partition coefficient (Wildman–Crippen LogP) is 1.79. The van der Waals surface area contributed by atoms with Gasteiger partial charge in [0.15, 0.2) is 0 Å². The molecule has 1 heterocycles. The first kappa shape index (κ1) is 13.8. The molecule has 0 bridgehead atoms. The minimum Gasteiger partial charge on any atom is -0.377 e. The Labute approximate surface area is 113 Å². The van der Waals surface area contributed by atoms with Crippen molar-refractivity contribution >= 4 is 11.7 Å². The van der Waals surface area contributed by atoms with Crippen molar-refractivity contribution in [3.05, 3.63) is 29.8 Å². The topological polar surface area (TPSA) is 67.6 Å². The summed E-state index contributed by atoms with van der Waals surface area (Å²) >= 11 is 0. The second kappa shape index (κ2) is 6.54. The van der Waals surface area contributed by atoms with Crippen LogP contribution in [0.25, 0.3) is 0 Å². The number of carbonyl (C=O) groups is 1. The van der Waals surface area contributed by atoms with E-state index in [4.69, 9.17) is 10.5 Å². The molecule has 0 spiro atoms. The van der Waals surface area contributed by atoms with Crippen molar-refractivity contribution in [2.24, 2.45) is 5.73 Å². The molecule has 0 aromatic heterocycles. The number of amides is 2. The Morgan fingerprint density at radius 1 is 1.58 bits per heavy atom. The number of carbonyl (C=O) groups excluding carboxylic acids is 1. The number of urea groups is 1. The van der Waals surface area contributed by atoms with Crippen LogP contribution in [-0.4, -0.2) is 36.7 Å². The Morgan fingerprint density at radius 2 is 2.42 bits per heavy atom. The van der Waals surface area contributed by atoms with Crippen molar-refractivity contribution in [3.8, 4) is 0 Å². The van der Waals surface area contributed by atoms with Gasteiger partial charge in [0.2, 0.25) is 0 Å². The van der Waals surface area contributed by atoms with Crippen LogP contribution in [0.3, 0.4) is 0 Å². The standard InChI is InChI=1S/C14H21N3O2/c1-11-10-17(6-3-7-19-11)14(18)16-13-5-2-4-12(8-13)9-15/h2,4-5,8,11H,3,6-7,9-10,15H2,1H3,(H,16,18). The van der Waals surface area contributed by atoms with Crippen molar-refractivity contribution in [2.75, 3.05) is 25.0 Å². The van der Waals surface area contributed by atoms with Crippen molar-refractivity contribution < 1.29 is 9.53 Å². The van der Waals surface area contributed by atoms with E-state index in [2.05, 4.69) is 5.32 Å². The first-order valence-corrected chi connectivity index (χ1v) is 6.65. The van der Waals surface area contributed by atoms with E-state index < -0.39 is 0 Å². The van der Waals surface area contributed by atoms with Gasteiger partial charge in [-0.3, -0.25) is 0 Å². The third-order valence-corrected chi connectivity index (χ3v) is 3.15. The Balaban J connectivity index is 1.99. The molecule has 1 aromatic carbocycles. The molecule has 5 heteroatoms. The molecular weight excluding hydrogens is 242 g/mol. The molecule has 104 valence electrons. The molecule has 5 nitrogen and oxygen atoms in total. The third kappa shape index (κ3) is 3.94. The normalized spacial score (nSPS) is 19.9. The van der Waals surface area contributed by atoms with E-state index in [1.54, 1.807) is 4.90 Å². The zero-order valence-corrected chi connectivity index (χ0v) is 11.3. The Kier molecular flexibility index (Phi) is 4.76. The molecular formula is C14H21N3O2. The highest BCUT2D eigenvalue weighted by molar-refractivity contribution is 5.89. The van der Waals surface area contributed by atoms with Gasteiger partial charge >= 0.3 is 6.03 Å². The molecule has 1 aliphatic rings. The maximum atomic E-state index is 12.2. The summed E-state index contributed by atoms with van der Waals surface area (Å²) in [5.74, 6) is 0. The number of benzene rings is 1. The average molecular weight is 263 g/mol. The lowest BCUT2D eigenvalue weighted by Gasteiger charge is -2.22. The minimum absolute atomic E-state index is 0.0773. The van der Waals surface area contributed by atoms with Gasteiger partial charge in [-0.25, -0.2) is 4.79 Å². The summed E-state index contributed by atoms with van der Waals surface area (Å²) in [7, 11) is 0. The minimum atomic E-state index is -0.0773. The number of hydrogen-bond acceptors (Lipinski definition) is 3. The molecule has 1 fully saturated rings. The lowest BCUT2D eigenvalue weighted by Crippen LogP contribution is -2.38. The maximum Gasteiger partial charge on any atom is 0.321 e. The summed E-state index contributed by atoms with van der Waals surface area (Å²) in [5, 5.41) is 2.91. The Bertz CT molecular complexity index is 436. The largest absolute Gasteiger partial charge is 0.377 e. The van der Waals surface area contributed by atoms with E-state index in [1.165, 1.54) is 0 Å². The molecule has 1 atom stereocenters. The van der Waals surface area contributed by atoms with Gasteiger partial charge in [-0.15, -0.1) is 0 Å². The van der Waals surface area contributed by atoms with Gasteiger partial charge in [0.1, 0.15) is 0 Å². The fraction of sp³-hybridized carbons (Fsp3) is 0.500. The van der Waals surface area contributed by atoms with E-state index in [9.17, 15) is 4.79 Å². The highest BCUT2D eigenvalue weighted by Gasteiger charge is 2.19. The quantitative estimate of drug-likeness (QED) is 0.854. The van der Waals surface area contributed by atoms with Crippen LogP contribution in [0.2, 0.25) is 0 Å². The van der Waals surface area contributed by atoms with Crippen LogP contribution in [0, 0.1) is 0 Å². The molecule has 0 saturated carbocycles. The monoisotopic (exact) mass is 263 g/mol. The smallest absolute Gasteiger partial charge is 0.321 e. The predicted molar refractivity (Wildman–Crippen MR) is 75.0 cm³/mol. The van der Waals surface area contributed by atoms with Gasteiger partial charge in [0.25, 0.3) is 0 Å². The number of nitrogens with two attached hydrogens (primary N) is 1. The van der Waals surface area contributed by atoms with Crippen molar-refractivity contribution in [1.82, 2.24) is 4.90 Å². The van der Waals surface area contributed by atoms with E-state index in [1.807, 2.05) is 31.2 Å². The highest BCUT2D eigenvalue weighted by Crippen LogP contribution is 2.12. The van der Waals surface area contributed by atoms with Crippen LogP contribution in [0.5, 0.6) is 0 Å². The lowest BCUT2D eigenvalue weighted by atomic mass is 10.2. The van der Waals surface area contributed by atoms with E-state index in [0.29, 0.717) is 19.7 Å². The Hall–Kier alpha value is -1.59. The second-order valence-electron chi connectivity index (χ2n) is 4.82. The second-order valence-corrected chi connectivity index (χ2v) is 4.82. The molecule has 19 heavy (non-hydrogen) atoms. The van der Waals surface area contributed by atoms with Crippen LogP contribution in [0.4, 0.5) is 10.5 Å². The van der Waals surface area contributed by atoms with E-state index >= 15 is 0 Å². The van der Waals surface area contributed by atoms with Crippen molar-refractivity contribution in [2.45, 2.75) is 26.0 Å². The van der Waals surface area contributed by atoms with Crippen LogP contribution in [0.15, 0.2) is 24.3 Å². The first-order valence-electron chi connectivity index (χ1n) is 6.65. The summed E-state index contributed by atoms with van der Waals surface area (Å²) < 4.78 is 5.53. The molecule has 3 N–H and O–H groups in total. The zero-order valence-electron chi connectivity index (χ0n) is 11.3. The summed E-state index contributed by atoms with van der Waals surface area (Å²) in [6.07, 6.45) is 0.962. The van der Waals surface area contributed by atoms with Gasteiger partial charge in [0.05, 0.1) is 6.10 Å². The number of anilines is 1. The van der Waals surface area contributed by atoms with Gasteiger partial charge in [0, 0.05) is 31.9 Å². The number of hydrogen-bond donors (Lipinski definition) is 2. The molecule has 1 aliphatic heterocycles. The summed E-state index contributed by atoms with van der Waals surface area (Å²) in [6.45, 7) is 4.53. The molecule has 2 amide bonds. The van der Waals surface area contributed by atoms with Crippen molar-refractivity contribution in [1.29, 1.82) is 0 Å². The lowest BCUT2D eigenvalue weighted by molar-refractivity contribution is 0.0718. The van der Waals surface area contributed by atoms with Gasteiger partial charge < -0.3 is 20.7 Å². The van der Waals surface area contributed by atoms with Crippen LogP contribution >= 0.6 is 0 Å². The number of nitrogens with zero attached hydrogens (tertiary/aromatic N) is 1. The van der Waals surface area contributed by atoms with Gasteiger partial charge in [-0.2, -0.15) is 0 Å². The molecule has 1 unspecified atom stereocenters. The van der Waals surface area contributed by atoms with Crippen LogP contribution in [0.1, 0.15) is 18.9 Å². The van der Waals surface area contributed by atoms with Crippen LogP contribution < -0.4 is 11.1 Å². The summed E-state index contributed by atoms with van der Waals surface area (Å²) in [6, 6.07) is 7.53. The average Bonchev–Trinajstić information content (AvgIpc) is 2.63. The third-order valence-electron chi connectivity index (χ3n) is 3.15. The van der Waals surface area contributed by atoms with Crippen molar-refractivity contribution in [3.63, 3.8) is 0 Å². The first-order chi connectivity index (χ1) is 9.19. The fourth-order valence-electron chi connectivity index (χ4n) is 2.16. The fourth-order valence-corrected chi connectivity index (χ4v) is 2.16. The number of ether oxygens (including phenoxy) is 1. The van der Waals surface area contributed by atoms with E-state index in [0.717, 1.165) is 24.2 Å². The molecule has 2 rings (SSSR count). The highest BCUT2D eigenvalue weighted by atomic mass is 16.5. The number of nitrogens with one attached hydrogen (secondary N) is 1. The van der Waals surface area contributed by atoms with Gasteiger partial charge in [-0.1, -0.05) is 12.1 Å². The summed E-state index contributed by atoms with van der Waals surface area (Å²) in [5.41, 5.74) is 7.38. The molecule has 0 radical (unpaired) electrons. The SMILES string of the molecule is CC1CN(C(=O)Nc2cccc(CN)c2)CCCO1. The van der Waals surface area contributed by atoms with Crippen LogP contribution in [-0.2, 0) is 11.3 Å². The molecule has 1 aromatic rings.